The van der Waals surface area contributed by atoms with Crippen LogP contribution >= 0.6 is 0 Å². The molecule has 0 radical (unpaired) electrons. The molecule has 0 rings (SSSR count). The van der Waals surface area contributed by atoms with E-state index in [9.17, 15) is 4.79 Å². The van der Waals surface area contributed by atoms with Gasteiger partial charge in [0.2, 0.25) is 0 Å². The minimum atomic E-state index is -0.754. The third kappa shape index (κ3) is 5.00. The van der Waals surface area contributed by atoms with Crippen molar-refractivity contribution in [3.05, 3.63) is 12.2 Å². The van der Waals surface area contributed by atoms with Crippen LogP contribution in [0.15, 0.2) is 12.2 Å². The minimum Gasteiger partial charge on any atom is -0.379 e. The summed E-state index contributed by atoms with van der Waals surface area (Å²) in [5.41, 5.74) is -0.434. The number of Topliss-reactive ketones (excluding diaryl/α,β-unsaturated/α-hetero) is 1. The fourth-order valence-corrected chi connectivity index (χ4v) is 1.40. The van der Waals surface area contributed by atoms with Crippen LogP contribution in [0, 0.1) is 0 Å². The average molecular weight is 242 g/mol. The zero-order valence-corrected chi connectivity index (χ0v) is 12.1. The zero-order valence-electron chi connectivity index (χ0n) is 12.1. The van der Waals surface area contributed by atoms with Crippen LogP contribution < -0.4 is 0 Å². The molecule has 1 unspecified atom stereocenters. The van der Waals surface area contributed by atoms with Crippen molar-refractivity contribution in [1.29, 1.82) is 0 Å². The predicted molar refractivity (Wildman–Crippen MR) is 70.2 cm³/mol. The molecule has 0 aromatic carbocycles. The first kappa shape index (κ1) is 16.3. The summed E-state index contributed by atoms with van der Waals surface area (Å²) in [5, 5.41) is 0. The molecule has 0 aliphatic heterocycles. The van der Waals surface area contributed by atoms with Crippen molar-refractivity contribution in [2.45, 2.75) is 58.7 Å². The van der Waals surface area contributed by atoms with Gasteiger partial charge in [-0.05, 0) is 46.1 Å². The van der Waals surface area contributed by atoms with Gasteiger partial charge >= 0.3 is 0 Å². The normalized spacial score (nSPS) is 15.4. The quantitative estimate of drug-likeness (QED) is 0.613. The number of carbonyl (C=O) groups is 1. The van der Waals surface area contributed by atoms with Crippen LogP contribution in [0.2, 0.25) is 0 Å². The SMILES string of the molecule is C=C(C)C(=O)C(C)(CC)OCCC(C)(C)OC. The van der Waals surface area contributed by atoms with E-state index in [2.05, 4.69) is 6.58 Å². The molecule has 0 aliphatic rings. The van der Waals surface area contributed by atoms with Gasteiger partial charge in [0.1, 0.15) is 5.60 Å². The largest absolute Gasteiger partial charge is 0.379 e. The Bertz CT molecular complexity index is 281. The van der Waals surface area contributed by atoms with Gasteiger partial charge in [-0.2, -0.15) is 0 Å². The molecule has 1 atom stereocenters. The van der Waals surface area contributed by atoms with Gasteiger partial charge < -0.3 is 9.47 Å². The van der Waals surface area contributed by atoms with E-state index in [-0.39, 0.29) is 11.4 Å². The fraction of sp³-hybridized carbons (Fsp3) is 0.786. The van der Waals surface area contributed by atoms with E-state index >= 15 is 0 Å². The van der Waals surface area contributed by atoms with Gasteiger partial charge in [0.05, 0.1) is 12.2 Å². The van der Waals surface area contributed by atoms with Crippen LogP contribution in [0.3, 0.4) is 0 Å². The maximum atomic E-state index is 12.0. The van der Waals surface area contributed by atoms with Gasteiger partial charge in [-0.1, -0.05) is 13.5 Å². The Morgan fingerprint density at radius 1 is 1.29 bits per heavy atom. The molecule has 3 nitrogen and oxygen atoms in total. The topological polar surface area (TPSA) is 35.5 Å². The summed E-state index contributed by atoms with van der Waals surface area (Å²) in [6.45, 7) is 13.7. The molecule has 0 saturated carbocycles. The number of hydrogen-bond acceptors (Lipinski definition) is 3. The molecule has 0 aliphatic carbocycles. The lowest BCUT2D eigenvalue weighted by molar-refractivity contribution is -0.141. The van der Waals surface area contributed by atoms with Crippen LogP contribution in [0.5, 0.6) is 0 Å². The minimum absolute atomic E-state index is 0.0183. The molecular weight excluding hydrogens is 216 g/mol. The molecule has 0 spiro atoms. The highest BCUT2D eigenvalue weighted by Crippen LogP contribution is 2.22. The van der Waals surface area contributed by atoms with Crippen LogP contribution in [0.25, 0.3) is 0 Å². The van der Waals surface area contributed by atoms with Crippen molar-refractivity contribution in [3.63, 3.8) is 0 Å². The summed E-state index contributed by atoms with van der Waals surface area (Å²) in [4.78, 5) is 12.0. The smallest absolute Gasteiger partial charge is 0.189 e. The van der Waals surface area contributed by atoms with Gasteiger partial charge in [0.15, 0.2) is 5.78 Å². The third-order valence-electron chi connectivity index (χ3n) is 3.22. The highest BCUT2D eigenvalue weighted by atomic mass is 16.5. The van der Waals surface area contributed by atoms with Crippen molar-refractivity contribution in [2.24, 2.45) is 0 Å². The molecule has 0 bridgehead atoms. The van der Waals surface area contributed by atoms with Crippen LogP contribution in [0.4, 0.5) is 0 Å². The highest BCUT2D eigenvalue weighted by molar-refractivity contribution is 6.00. The Morgan fingerprint density at radius 2 is 1.82 bits per heavy atom. The number of ketones is 1. The molecular formula is C14H26O3. The highest BCUT2D eigenvalue weighted by Gasteiger charge is 2.32. The number of rotatable bonds is 8. The molecule has 3 heteroatoms. The van der Waals surface area contributed by atoms with Gasteiger partial charge in [0.25, 0.3) is 0 Å². The second kappa shape index (κ2) is 6.31. The van der Waals surface area contributed by atoms with Crippen molar-refractivity contribution in [1.82, 2.24) is 0 Å². The lowest BCUT2D eigenvalue weighted by Gasteiger charge is -2.30. The number of carbonyl (C=O) groups excluding carboxylic acids is 1. The maximum Gasteiger partial charge on any atom is 0.189 e. The zero-order chi connectivity index (χ0) is 13.7. The van der Waals surface area contributed by atoms with Gasteiger partial charge in [-0.3, -0.25) is 4.79 Å². The Hall–Kier alpha value is -0.670. The first-order chi connectivity index (χ1) is 7.68. The standard InChI is InChI=1S/C14H26O3/c1-8-14(6,12(15)11(2)3)17-10-9-13(4,5)16-7/h2,8-10H2,1,3-7H3. The van der Waals surface area contributed by atoms with E-state index in [1.165, 1.54) is 0 Å². The Kier molecular flexibility index (Phi) is 6.06. The van der Waals surface area contributed by atoms with Crippen molar-refractivity contribution < 1.29 is 14.3 Å². The van der Waals surface area contributed by atoms with Gasteiger partial charge in [-0.15, -0.1) is 0 Å². The Balaban J connectivity index is 4.42. The molecule has 0 saturated heterocycles. The number of hydrogen-bond donors (Lipinski definition) is 0. The van der Waals surface area contributed by atoms with E-state index in [1.54, 1.807) is 14.0 Å². The Labute approximate surface area is 105 Å². The van der Waals surface area contributed by atoms with Crippen LogP contribution in [0.1, 0.15) is 47.5 Å². The molecule has 100 valence electrons. The third-order valence-corrected chi connectivity index (χ3v) is 3.22. The monoisotopic (exact) mass is 242 g/mol. The van der Waals surface area contributed by atoms with E-state index in [1.807, 2.05) is 27.7 Å². The lowest BCUT2D eigenvalue weighted by atomic mass is 9.93. The van der Waals surface area contributed by atoms with E-state index < -0.39 is 5.60 Å². The summed E-state index contributed by atoms with van der Waals surface area (Å²) in [5.74, 6) is -0.0183. The lowest BCUT2D eigenvalue weighted by Crippen LogP contribution is -2.39. The summed E-state index contributed by atoms with van der Waals surface area (Å²) >= 11 is 0. The summed E-state index contributed by atoms with van der Waals surface area (Å²) in [6.07, 6.45) is 1.40. The second-order valence-electron chi connectivity index (χ2n) is 5.26. The second-order valence-corrected chi connectivity index (χ2v) is 5.26. The first-order valence-corrected chi connectivity index (χ1v) is 6.08. The molecule has 0 N–H and O–H groups in total. The van der Waals surface area contributed by atoms with Crippen molar-refractivity contribution >= 4 is 5.78 Å². The van der Waals surface area contributed by atoms with Crippen molar-refractivity contribution in [3.8, 4) is 0 Å². The fourth-order valence-electron chi connectivity index (χ4n) is 1.40. The molecule has 0 fully saturated rings. The van der Waals surface area contributed by atoms with E-state index in [0.29, 0.717) is 18.6 Å². The number of methoxy groups -OCH3 is 1. The summed E-state index contributed by atoms with van der Waals surface area (Å²) < 4.78 is 11.1. The summed E-state index contributed by atoms with van der Waals surface area (Å²) in [6, 6.07) is 0. The molecule has 0 aromatic heterocycles. The maximum absolute atomic E-state index is 12.0. The van der Waals surface area contributed by atoms with Crippen LogP contribution in [-0.2, 0) is 14.3 Å². The molecule has 0 aromatic rings. The molecule has 0 heterocycles. The van der Waals surface area contributed by atoms with Crippen molar-refractivity contribution in [2.75, 3.05) is 13.7 Å². The van der Waals surface area contributed by atoms with E-state index in [4.69, 9.17) is 9.47 Å². The number of ether oxygens (including phenoxy) is 2. The predicted octanol–water partition coefficient (Wildman–Crippen LogP) is 3.13. The Morgan fingerprint density at radius 3 is 2.18 bits per heavy atom. The van der Waals surface area contributed by atoms with E-state index in [0.717, 1.165) is 6.42 Å². The first-order valence-electron chi connectivity index (χ1n) is 6.08. The van der Waals surface area contributed by atoms with Gasteiger partial charge in [0, 0.05) is 7.11 Å². The van der Waals surface area contributed by atoms with Gasteiger partial charge in [-0.25, -0.2) is 0 Å². The summed E-state index contributed by atoms with van der Waals surface area (Å²) in [7, 11) is 1.68. The average Bonchev–Trinajstić information content (AvgIpc) is 2.27. The van der Waals surface area contributed by atoms with Crippen LogP contribution in [-0.4, -0.2) is 30.7 Å². The molecule has 17 heavy (non-hydrogen) atoms. The molecule has 0 amide bonds.